The topological polar surface area (TPSA) is 40.5 Å². The number of hydrogen-bond acceptors (Lipinski definition) is 2. The maximum absolute atomic E-state index is 12.1. The van der Waals surface area contributed by atoms with E-state index in [0.29, 0.717) is 12.0 Å². The molecule has 0 aliphatic carbocycles. The minimum absolute atomic E-state index is 0.00388. The van der Waals surface area contributed by atoms with Crippen LogP contribution in [0.15, 0.2) is 24.3 Å². The number of benzene rings is 1. The molecule has 1 aromatic carbocycles. The minimum atomic E-state index is -0.00388. The Balaban J connectivity index is 2.89. The Morgan fingerprint density at radius 2 is 2.17 bits per heavy atom. The van der Waals surface area contributed by atoms with E-state index >= 15 is 0 Å². The third kappa shape index (κ3) is 3.90. The van der Waals surface area contributed by atoms with Crippen molar-refractivity contribution in [2.75, 3.05) is 13.7 Å². The van der Waals surface area contributed by atoms with Crippen molar-refractivity contribution in [2.24, 2.45) is 0 Å². The number of amides is 1. The van der Waals surface area contributed by atoms with E-state index in [-0.39, 0.29) is 18.6 Å². The average Bonchev–Trinajstić information content (AvgIpc) is 2.37. The van der Waals surface area contributed by atoms with Gasteiger partial charge in [0.15, 0.2) is 0 Å². The van der Waals surface area contributed by atoms with Crippen molar-refractivity contribution >= 4 is 5.91 Å². The summed E-state index contributed by atoms with van der Waals surface area (Å²) in [4.78, 5) is 13.8. The van der Waals surface area contributed by atoms with E-state index in [1.54, 1.807) is 24.1 Å². The second-order valence-corrected chi connectivity index (χ2v) is 4.37. The third-order valence-electron chi connectivity index (χ3n) is 2.67. The van der Waals surface area contributed by atoms with Gasteiger partial charge in [0.05, 0.1) is 6.61 Å². The predicted molar refractivity (Wildman–Crippen MR) is 72.3 cm³/mol. The van der Waals surface area contributed by atoms with Gasteiger partial charge in [0.25, 0.3) is 5.91 Å². The zero-order chi connectivity index (χ0) is 13.5. The summed E-state index contributed by atoms with van der Waals surface area (Å²) in [5.41, 5.74) is 1.44. The molecule has 3 nitrogen and oxygen atoms in total. The minimum Gasteiger partial charge on any atom is -0.395 e. The van der Waals surface area contributed by atoms with Crippen molar-refractivity contribution in [3.8, 4) is 11.8 Å². The average molecular weight is 245 g/mol. The fourth-order valence-corrected chi connectivity index (χ4v) is 1.39. The molecule has 96 valence electrons. The first-order valence-corrected chi connectivity index (χ1v) is 6.03. The molecular weight excluding hydrogens is 226 g/mol. The van der Waals surface area contributed by atoms with Gasteiger partial charge in [-0.15, -0.1) is 0 Å². The van der Waals surface area contributed by atoms with Gasteiger partial charge < -0.3 is 10.0 Å². The number of carbonyl (C=O) groups is 1. The highest BCUT2D eigenvalue weighted by Crippen LogP contribution is 2.09. The largest absolute Gasteiger partial charge is 0.395 e. The van der Waals surface area contributed by atoms with Gasteiger partial charge in [-0.25, -0.2) is 0 Å². The molecule has 1 amide bonds. The van der Waals surface area contributed by atoms with E-state index in [9.17, 15) is 4.79 Å². The van der Waals surface area contributed by atoms with Gasteiger partial charge in [0.1, 0.15) is 0 Å². The molecular formula is C15H19NO2. The number of aliphatic hydroxyl groups excluding tert-OH is 1. The number of rotatable bonds is 3. The van der Waals surface area contributed by atoms with E-state index in [4.69, 9.17) is 5.11 Å². The van der Waals surface area contributed by atoms with Crippen LogP contribution in [-0.2, 0) is 0 Å². The predicted octanol–water partition coefficient (Wildman–Crippen LogP) is 1.90. The first-order valence-electron chi connectivity index (χ1n) is 6.03. The molecule has 0 bridgehead atoms. The highest BCUT2D eigenvalue weighted by molar-refractivity contribution is 5.94. The SMILES string of the molecule is CC(C)N(C)C(=O)c1cccc(C#CCCO)c1. The fourth-order valence-electron chi connectivity index (χ4n) is 1.39. The molecule has 0 spiro atoms. The summed E-state index contributed by atoms with van der Waals surface area (Å²) >= 11 is 0. The first-order chi connectivity index (χ1) is 8.56. The molecule has 0 heterocycles. The van der Waals surface area contributed by atoms with Crippen LogP contribution in [0.25, 0.3) is 0 Å². The highest BCUT2D eigenvalue weighted by atomic mass is 16.2. The van der Waals surface area contributed by atoms with Gasteiger partial charge in [-0.2, -0.15) is 0 Å². The molecule has 0 saturated carbocycles. The summed E-state index contributed by atoms with van der Waals surface area (Å²) in [5.74, 6) is 5.77. The summed E-state index contributed by atoms with van der Waals surface area (Å²) in [6.07, 6.45) is 0.448. The molecule has 18 heavy (non-hydrogen) atoms. The van der Waals surface area contributed by atoms with Crippen molar-refractivity contribution in [3.05, 3.63) is 35.4 Å². The molecule has 0 atom stereocenters. The normalized spacial score (nSPS) is 9.83. The number of carbonyl (C=O) groups excluding carboxylic acids is 1. The maximum atomic E-state index is 12.1. The van der Waals surface area contributed by atoms with Crippen LogP contribution in [0.5, 0.6) is 0 Å². The lowest BCUT2D eigenvalue weighted by molar-refractivity contribution is 0.0755. The molecule has 1 rings (SSSR count). The highest BCUT2D eigenvalue weighted by Gasteiger charge is 2.13. The molecule has 1 N–H and O–H groups in total. The number of hydrogen-bond donors (Lipinski definition) is 1. The molecule has 0 aliphatic heterocycles. The Kier molecular flexibility index (Phi) is 5.41. The van der Waals surface area contributed by atoms with Gasteiger partial charge in [0.2, 0.25) is 0 Å². The van der Waals surface area contributed by atoms with E-state index in [1.165, 1.54) is 0 Å². The molecule has 0 aromatic heterocycles. The zero-order valence-corrected chi connectivity index (χ0v) is 11.1. The van der Waals surface area contributed by atoms with Crippen LogP contribution in [0.1, 0.15) is 36.2 Å². The summed E-state index contributed by atoms with van der Waals surface area (Å²) in [5, 5.41) is 8.66. The van der Waals surface area contributed by atoms with Crippen LogP contribution in [0, 0.1) is 11.8 Å². The Bertz CT molecular complexity index is 469. The summed E-state index contributed by atoms with van der Waals surface area (Å²) < 4.78 is 0. The van der Waals surface area contributed by atoms with Crippen LogP contribution < -0.4 is 0 Å². The summed E-state index contributed by atoms with van der Waals surface area (Å²) in [7, 11) is 1.79. The first kappa shape index (κ1) is 14.3. The Hall–Kier alpha value is -1.79. The second-order valence-electron chi connectivity index (χ2n) is 4.37. The van der Waals surface area contributed by atoms with Crippen molar-refractivity contribution in [1.82, 2.24) is 4.90 Å². The van der Waals surface area contributed by atoms with Crippen molar-refractivity contribution < 1.29 is 9.90 Å². The van der Waals surface area contributed by atoms with Crippen LogP contribution >= 0.6 is 0 Å². The third-order valence-corrected chi connectivity index (χ3v) is 2.67. The number of aliphatic hydroxyl groups is 1. The Morgan fingerprint density at radius 1 is 1.44 bits per heavy atom. The van der Waals surface area contributed by atoms with E-state index < -0.39 is 0 Å². The van der Waals surface area contributed by atoms with E-state index in [1.807, 2.05) is 26.0 Å². The molecule has 0 unspecified atom stereocenters. The van der Waals surface area contributed by atoms with E-state index in [2.05, 4.69) is 11.8 Å². The lowest BCUT2D eigenvalue weighted by Crippen LogP contribution is -2.32. The Labute approximate surface area is 108 Å². The van der Waals surface area contributed by atoms with Gasteiger partial charge in [-0.3, -0.25) is 4.79 Å². The second kappa shape index (κ2) is 6.83. The zero-order valence-electron chi connectivity index (χ0n) is 11.1. The van der Waals surface area contributed by atoms with Gasteiger partial charge in [-0.1, -0.05) is 17.9 Å². The van der Waals surface area contributed by atoms with Crippen LogP contribution in [0.3, 0.4) is 0 Å². The Morgan fingerprint density at radius 3 is 2.78 bits per heavy atom. The van der Waals surface area contributed by atoms with E-state index in [0.717, 1.165) is 5.56 Å². The standard InChI is InChI=1S/C15H19NO2/c1-12(2)16(3)15(18)14-9-6-8-13(11-14)7-4-5-10-17/h6,8-9,11-12,17H,5,10H2,1-3H3. The van der Waals surface area contributed by atoms with Crippen LogP contribution in [0.2, 0.25) is 0 Å². The van der Waals surface area contributed by atoms with Crippen LogP contribution in [-0.4, -0.2) is 35.6 Å². The monoisotopic (exact) mass is 245 g/mol. The fraction of sp³-hybridized carbons (Fsp3) is 0.400. The number of nitrogens with zero attached hydrogens (tertiary/aromatic N) is 1. The quantitative estimate of drug-likeness (QED) is 0.826. The smallest absolute Gasteiger partial charge is 0.253 e. The van der Waals surface area contributed by atoms with Gasteiger partial charge >= 0.3 is 0 Å². The molecule has 0 fully saturated rings. The van der Waals surface area contributed by atoms with Crippen LogP contribution in [0.4, 0.5) is 0 Å². The van der Waals surface area contributed by atoms with Crippen molar-refractivity contribution in [1.29, 1.82) is 0 Å². The maximum Gasteiger partial charge on any atom is 0.253 e. The van der Waals surface area contributed by atoms with Gasteiger partial charge in [0, 0.05) is 30.6 Å². The molecule has 1 aromatic rings. The molecule has 0 radical (unpaired) electrons. The lowest BCUT2D eigenvalue weighted by Gasteiger charge is -2.21. The summed E-state index contributed by atoms with van der Waals surface area (Å²) in [6, 6.07) is 7.42. The van der Waals surface area contributed by atoms with Gasteiger partial charge in [-0.05, 0) is 32.0 Å². The molecule has 3 heteroatoms. The van der Waals surface area contributed by atoms with Crippen molar-refractivity contribution in [3.63, 3.8) is 0 Å². The van der Waals surface area contributed by atoms with Crippen molar-refractivity contribution in [2.45, 2.75) is 26.3 Å². The lowest BCUT2D eigenvalue weighted by atomic mass is 10.1. The summed E-state index contributed by atoms with van der Waals surface area (Å²) in [6.45, 7) is 4.01. The molecule has 0 aliphatic rings. The molecule has 0 saturated heterocycles.